The van der Waals surface area contributed by atoms with E-state index in [-0.39, 0.29) is 11.0 Å². The number of rotatable bonds is 2. The zero-order chi connectivity index (χ0) is 14.9. The van der Waals surface area contributed by atoms with Crippen molar-refractivity contribution in [2.45, 2.75) is 6.18 Å². The minimum absolute atomic E-state index is 0.0831. The second kappa shape index (κ2) is 5.75. The minimum Gasteiger partial charge on any atom is -0.339 e. The van der Waals surface area contributed by atoms with Gasteiger partial charge < -0.3 is 5.32 Å². The van der Waals surface area contributed by atoms with Gasteiger partial charge in [0.05, 0.1) is 15.2 Å². The fraction of sp³-hybridized carbons (Fsp3) is 0.0909. The van der Waals surface area contributed by atoms with Crippen LogP contribution in [0.3, 0.4) is 0 Å². The number of aromatic nitrogens is 2. The van der Waals surface area contributed by atoms with Crippen molar-refractivity contribution < 1.29 is 13.2 Å². The molecule has 1 N–H and O–H groups in total. The zero-order valence-electron chi connectivity index (χ0n) is 9.47. The van der Waals surface area contributed by atoms with E-state index in [4.69, 9.17) is 23.2 Å². The molecular weight excluding hydrogens is 382 g/mol. The molecule has 1 heterocycles. The molecule has 0 aliphatic heterocycles. The number of hydrogen-bond donors (Lipinski definition) is 1. The van der Waals surface area contributed by atoms with Crippen LogP contribution in [0.5, 0.6) is 0 Å². The SMILES string of the molecule is FC(F)(F)c1nc(Cl)cc(Nc2cccc(Cl)c2Br)n1. The summed E-state index contributed by atoms with van der Waals surface area (Å²) in [4.78, 5) is 6.51. The molecule has 20 heavy (non-hydrogen) atoms. The van der Waals surface area contributed by atoms with Gasteiger partial charge in [-0.15, -0.1) is 0 Å². The molecule has 0 radical (unpaired) electrons. The number of nitrogens with zero attached hydrogens (tertiary/aromatic N) is 2. The molecule has 0 saturated carbocycles. The van der Waals surface area contributed by atoms with Crippen molar-refractivity contribution in [3.05, 3.63) is 44.7 Å². The maximum atomic E-state index is 12.6. The summed E-state index contributed by atoms with van der Waals surface area (Å²) in [6, 6.07) is 6.08. The van der Waals surface area contributed by atoms with Crippen molar-refractivity contribution in [3.63, 3.8) is 0 Å². The van der Waals surface area contributed by atoms with Gasteiger partial charge in [-0.1, -0.05) is 29.3 Å². The van der Waals surface area contributed by atoms with Gasteiger partial charge in [-0.05, 0) is 28.1 Å². The molecular formula is C11H5BrCl2F3N3. The number of anilines is 2. The highest BCUT2D eigenvalue weighted by molar-refractivity contribution is 9.10. The Balaban J connectivity index is 2.39. The highest BCUT2D eigenvalue weighted by atomic mass is 79.9. The molecule has 0 fully saturated rings. The maximum Gasteiger partial charge on any atom is 0.451 e. The molecule has 2 aromatic rings. The molecule has 0 amide bonds. The van der Waals surface area contributed by atoms with E-state index in [0.29, 0.717) is 15.2 Å². The third kappa shape index (κ3) is 3.53. The van der Waals surface area contributed by atoms with Crippen LogP contribution in [0.15, 0.2) is 28.7 Å². The lowest BCUT2D eigenvalue weighted by atomic mass is 10.3. The van der Waals surface area contributed by atoms with Gasteiger partial charge in [0.1, 0.15) is 11.0 Å². The lowest BCUT2D eigenvalue weighted by Gasteiger charge is -2.11. The van der Waals surface area contributed by atoms with Crippen LogP contribution in [0.1, 0.15) is 5.82 Å². The Hall–Kier alpha value is -1.05. The van der Waals surface area contributed by atoms with Crippen LogP contribution in [-0.4, -0.2) is 9.97 Å². The second-order valence-electron chi connectivity index (χ2n) is 3.62. The van der Waals surface area contributed by atoms with E-state index in [9.17, 15) is 13.2 Å². The number of benzene rings is 1. The van der Waals surface area contributed by atoms with Crippen LogP contribution in [0, 0.1) is 0 Å². The van der Waals surface area contributed by atoms with Crippen LogP contribution < -0.4 is 5.32 Å². The van der Waals surface area contributed by atoms with Crippen molar-refractivity contribution >= 4 is 50.6 Å². The van der Waals surface area contributed by atoms with Crippen LogP contribution >= 0.6 is 39.1 Å². The smallest absolute Gasteiger partial charge is 0.339 e. The molecule has 0 atom stereocenters. The highest BCUT2D eigenvalue weighted by Gasteiger charge is 2.35. The van der Waals surface area contributed by atoms with Crippen molar-refractivity contribution in [1.29, 1.82) is 0 Å². The highest BCUT2D eigenvalue weighted by Crippen LogP contribution is 2.33. The molecule has 0 aliphatic rings. The molecule has 0 saturated heterocycles. The van der Waals surface area contributed by atoms with Crippen LogP contribution in [-0.2, 0) is 6.18 Å². The molecule has 0 spiro atoms. The van der Waals surface area contributed by atoms with Gasteiger partial charge in [0.2, 0.25) is 5.82 Å². The quantitative estimate of drug-likeness (QED) is 0.711. The van der Waals surface area contributed by atoms with Gasteiger partial charge in [-0.25, -0.2) is 9.97 Å². The third-order valence-electron chi connectivity index (χ3n) is 2.16. The summed E-state index contributed by atoms with van der Waals surface area (Å²) < 4.78 is 38.3. The van der Waals surface area contributed by atoms with E-state index in [1.165, 1.54) is 6.07 Å². The van der Waals surface area contributed by atoms with E-state index in [0.717, 1.165) is 0 Å². The van der Waals surface area contributed by atoms with Crippen LogP contribution in [0.25, 0.3) is 0 Å². The van der Waals surface area contributed by atoms with Crippen molar-refractivity contribution in [2.24, 2.45) is 0 Å². The van der Waals surface area contributed by atoms with Gasteiger partial charge >= 0.3 is 6.18 Å². The summed E-state index contributed by atoms with van der Waals surface area (Å²) in [7, 11) is 0. The predicted molar refractivity (Wildman–Crippen MR) is 74.5 cm³/mol. The number of hydrogen-bond acceptors (Lipinski definition) is 3. The Morgan fingerprint density at radius 3 is 2.50 bits per heavy atom. The summed E-state index contributed by atoms with van der Waals surface area (Å²) >= 11 is 14.7. The average Bonchev–Trinajstić information content (AvgIpc) is 2.33. The predicted octanol–water partition coefficient (Wildman–Crippen LogP) is 5.31. The fourth-order valence-corrected chi connectivity index (χ4v) is 2.07. The maximum absolute atomic E-state index is 12.6. The summed E-state index contributed by atoms with van der Waals surface area (Å²) in [5.41, 5.74) is 0.459. The molecule has 2 rings (SSSR count). The number of alkyl halides is 3. The summed E-state index contributed by atoms with van der Waals surface area (Å²) in [5, 5.41) is 2.80. The topological polar surface area (TPSA) is 37.8 Å². The molecule has 1 aromatic carbocycles. The van der Waals surface area contributed by atoms with E-state index in [2.05, 4.69) is 31.2 Å². The first-order valence-electron chi connectivity index (χ1n) is 5.10. The van der Waals surface area contributed by atoms with Gasteiger partial charge in [-0.2, -0.15) is 13.2 Å². The van der Waals surface area contributed by atoms with Crippen LogP contribution in [0.2, 0.25) is 10.2 Å². The van der Waals surface area contributed by atoms with E-state index in [1.807, 2.05) is 0 Å². The lowest BCUT2D eigenvalue weighted by molar-refractivity contribution is -0.144. The standard InChI is InChI=1S/C11H5BrCl2F3N3/c12-9-5(13)2-1-3-6(9)18-8-4-7(14)19-10(20-8)11(15,16)17/h1-4H,(H,18,19,20). The van der Waals surface area contributed by atoms with Crippen molar-refractivity contribution in [2.75, 3.05) is 5.32 Å². The Bertz CT molecular complexity index is 649. The monoisotopic (exact) mass is 385 g/mol. The number of halogens is 6. The first-order chi connectivity index (χ1) is 9.27. The Kier molecular flexibility index (Phi) is 4.41. The van der Waals surface area contributed by atoms with E-state index in [1.54, 1.807) is 18.2 Å². The largest absolute Gasteiger partial charge is 0.451 e. The molecule has 0 aliphatic carbocycles. The lowest BCUT2D eigenvalue weighted by Crippen LogP contribution is -2.12. The molecule has 106 valence electrons. The molecule has 0 unspecified atom stereocenters. The average molecular weight is 387 g/mol. The van der Waals surface area contributed by atoms with E-state index < -0.39 is 12.0 Å². The Morgan fingerprint density at radius 2 is 1.85 bits per heavy atom. The zero-order valence-corrected chi connectivity index (χ0v) is 12.6. The van der Waals surface area contributed by atoms with Crippen LogP contribution in [0.4, 0.5) is 24.7 Å². The summed E-state index contributed by atoms with van der Waals surface area (Å²) in [6.45, 7) is 0. The van der Waals surface area contributed by atoms with Gasteiger partial charge in [0.15, 0.2) is 0 Å². The Morgan fingerprint density at radius 1 is 1.15 bits per heavy atom. The molecule has 1 aromatic heterocycles. The summed E-state index contributed by atoms with van der Waals surface area (Å²) in [5.74, 6) is -1.40. The molecule has 9 heteroatoms. The first-order valence-corrected chi connectivity index (χ1v) is 6.65. The van der Waals surface area contributed by atoms with Crippen molar-refractivity contribution in [1.82, 2.24) is 9.97 Å². The summed E-state index contributed by atoms with van der Waals surface area (Å²) in [6.07, 6.45) is -4.67. The fourth-order valence-electron chi connectivity index (χ4n) is 1.35. The number of nitrogens with one attached hydrogen (secondary N) is 1. The first kappa shape index (κ1) is 15.3. The van der Waals surface area contributed by atoms with Crippen molar-refractivity contribution in [3.8, 4) is 0 Å². The van der Waals surface area contributed by atoms with Gasteiger partial charge in [-0.3, -0.25) is 0 Å². The van der Waals surface area contributed by atoms with Gasteiger partial charge in [0, 0.05) is 6.07 Å². The molecule has 0 bridgehead atoms. The van der Waals surface area contributed by atoms with Gasteiger partial charge in [0.25, 0.3) is 0 Å². The van der Waals surface area contributed by atoms with E-state index >= 15 is 0 Å². The third-order valence-corrected chi connectivity index (χ3v) is 3.75. The second-order valence-corrected chi connectivity index (χ2v) is 5.21. The minimum atomic E-state index is -4.67. The normalized spacial score (nSPS) is 11.5. The molecule has 3 nitrogen and oxygen atoms in total. The Labute approximate surface area is 130 Å².